The molecule has 0 heterocycles. The maximum Gasteiger partial charge on any atom is 0.133 e. The summed E-state index contributed by atoms with van der Waals surface area (Å²) in [4.78, 5) is 3.54. The van der Waals surface area contributed by atoms with Crippen molar-refractivity contribution in [3.63, 3.8) is 0 Å². The van der Waals surface area contributed by atoms with Crippen LogP contribution in [-0.4, -0.2) is 17.5 Å². The largest absolute Gasteiger partial charge is 0.228 e. The van der Waals surface area contributed by atoms with Crippen molar-refractivity contribution in [2.75, 3.05) is 12.3 Å². The van der Waals surface area contributed by atoms with Crippen molar-refractivity contribution in [3.8, 4) is 5.40 Å². The van der Waals surface area contributed by atoms with E-state index >= 15 is 0 Å². The van der Waals surface area contributed by atoms with E-state index in [1.54, 1.807) is 12.2 Å². The highest BCUT2D eigenvalue weighted by molar-refractivity contribution is 8.03. The first-order valence-corrected chi connectivity index (χ1v) is 4.49. The van der Waals surface area contributed by atoms with Gasteiger partial charge < -0.3 is 0 Å². The van der Waals surface area contributed by atoms with Crippen molar-refractivity contribution >= 4 is 29.1 Å². The molecule has 0 aromatic carbocycles. The quantitative estimate of drug-likeness (QED) is 0.229. The Morgan fingerprint density at radius 1 is 1.50 bits per heavy atom. The Kier molecular flexibility index (Phi) is 18.9. The Labute approximate surface area is 82.7 Å². The normalized spacial score (nSPS) is 6.25. The molecule has 12 heavy (non-hydrogen) atoms. The van der Waals surface area contributed by atoms with E-state index < -0.39 is 0 Å². The van der Waals surface area contributed by atoms with Crippen LogP contribution in [0.2, 0.25) is 0 Å². The van der Waals surface area contributed by atoms with Gasteiger partial charge in [0.1, 0.15) is 5.40 Å². The maximum absolute atomic E-state index is 7.86. The van der Waals surface area contributed by atoms with Crippen LogP contribution in [-0.2, 0) is 0 Å². The third-order valence-corrected chi connectivity index (χ3v) is 1.21. The van der Waals surface area contributed by atoms with Crippen LogP contribution in [0.25, 0.3) is 0 Å². The number of nitriles is 1. The summed E-state index contributed by atoms with van der Waals surface area (Å²) in [6.07, 6.45) is 3.37. The Balaban J connectivity index is 0. The first kappa shape index (κ1) is 13.7. The highest BCUT2D eigenvalue weighted by atomic mass is 32.2. The van der Waals surface area contributed by atoms with Gasteiger partial charge in [-0.15, -0.1) is 13.2 Å². The fourth-order valence-electron chi connectivity index (χ4n) is 0.198. The SMILES string of the molecule is C=CCN=C=S.C=CCSC#N. The Morgan fingerprint density at radius 3 is 2.33 bits per heavy atom. The summed E-state index contributed by atoms with van der Waals surface area (Å²) in [5.41, 5.74) is 0. The number of hydrogen-bond acceptors (Lipinski definition) is 4. The molecular weight excluding hydrogens is 188 g/mol. The summed E-state index contributed by atoms with van der Waals surface area (Å²) in [7, 11) is 0. The molecule has 0 atom stereocenters. The van der Waals surface area contributed by atoms with E-state index in [0.717, 1.165) is 5.75 Å². The number of thiocarbonyl (C=S) groups is 1. The molecule has 0 aliphatic heterocycles. The number of aliphatic imine (C=N–C) groups is 1. The van der Waals surface area contributed by atoms with Gasteiger partial charge in [0.05, 0.1) is 11.7 Å². The third kappa shape index (κ3) is 22.9. The fourth-order valence-corrected chi connectivity index (χ4v) is 0.465. The molecule has 0 N–H and O–H groups in total. The van der Waals surface area contributed by atoms with E-state index in [2.05, 4.69) is 35.5 Å². The molecule has 0 spiro atoms. The van der Waals surface area contributed by atoms with Gasteiger partial charge in [-0.05, 0) is 24.0 Å². The predicted octanol–water partition coefficient (Wildman–Crippen LogP) is 2.66. The monoisotopic (exact) mass is 198 g/mol. The standard InChI is InChI=1S/2C4H5NS/c1-2-3-6-4-5;1-2-3-5-4-6/h2*2H,1,3H2. The lowest BCUT2D eigenvalue weighted by Gasteiger charge is -1.70. The summed E-state index contributed by atoms with van der Waals surface area (Å²) in [5, 5.41) is 12.0. The van der Waals surface area contributed by atoms with Crippen LogP contribution in [0.4, 0.5) is 0 Å². The van der Waals surface area contributed by atoms with Crippen LogP contribution in [0.5, 0.6) is 0 Å². The van der Waals surface area contributed by atoms with Crippen LogP contribution in [0.1, 0.15) is 0 Å². The number of isothiocyanates is 1. The maximum atomic E-state index is 7.86. The van der Waals surface area contributed by atoms with E-state index in [1.807, 2.05) is 5.40 Å². The Hall–Kier alpha value is -0.880. The number of nitrogens with zero attached hydrogens (tertiary/aromatic N) is 2. The van der Waals surface area contributed by atoms with Crippen LogP contribution < -0.4 is 0 Å². The average molecular weight is 198 g/mol. The van der Waals surface area contributed by atoms with Gasteiger partial charge in [-0.1, -0.05) is 12.2 Å². The molecule has 0 amide bonds. The minimum Gasteiger partial charge on any atom is -0.228 e. The molecule has 0 aromatic rings. The Morgan fingerprint density at radius 2 is 2.17 bits per heavy atom. The lowest BCUT2D eigenvalue weighted by atomic mass is 10.7. The summed E-state index contributed by atoms with van der Waals surface area (Å²) in [5.74, 6) is 0.733. The second kappa shape index (κ2) is 16.6. The van der Waals surface area contributed by atoms with Crippen molar-refractivity contribution in [2.24, 2.45) is 4.99 Å². The van der Waals surface area contributed by atoms with Crippen molar-refractivity contribution in [3.05, 3.63) is 25.3 Å². The van der Waals surface area contributed by atoms with Gasteiger partial charge in [0.2, 0.25) is 0 Å². The van der Waals surface area contributed by atoms with Gasteiger partial charge in [-0.2, -0.15) is 5.26 Å². The number of rotatable bonds is 4. The molecule has 0 rings (SSSR count). The summed E-state index contributed by atoms with van der Waals surface area (Å²) >= 11 is 5.45. The van der Waals surface area contributed by atoms with Crippen molar-refractivity contribution in [1.82, 2.24) is 0 Å². The van der Waals surface area contributed by atoms with Gasteiger partial charge >= 0.3 is 0 Å². The predicted molar refractivity (Wildman–Crippen MR) is 58.4 cm³/mol. The summed E-state index contributed by atoms with van der Waals surface area (Å²) < 4.78 is 0. The van der Waals surface area contributed by atoms with E-state index in [1.165, 1.54) is 11.8 Å². The molecule has 2 nitrogen and oxygen atoms in total. The van der Waals surface area contributed by atoms with Crippen LogP contribution in [0.3, 0.4) is 0 Å². The van der Waals surface area contributed by atoms with E-state index in [-0.39, 0.29) is 0 Å². The molecule has 0 radical (unpaired) electrons. The Bertz CT molecular complexity index is 200. The average Bonchev–Trinajstić information content (AvgIpc) is 2.12. The van der Waals surface area contributed by atoms with Gasteiger partial charge in [0.25, 0.3) is 0 Å². The molecule has 0 saturated carbocycles. The third-order valence-electron chi connectivity index (χ3n) is 0.551. The molecule has 0 aliphatic rings. The summed E-state index contributed by atoms with van der Waals surface area (Å²) in [6, 6.07) is 0. The van der Waals surface area contributed by atoms with Crippen LogP contribution >= 0.6 is 24.0 Å². The highest BCUT2D eigenvalue weighted by Gasteiger charge is 1.69. The van der Waals surface area contributed by atoms with Gasteiger partial charge in [-0.3, -0.25) is 0 Å². The molecule has 4 heteroatoms. The highest BCUT2D eigenvalue weighted by Crippen LogP contribution is 1.92. The molecule has 0 aliphatic carbocycles. The summed E-state index contributed by atoms with van der Waals surface area (Å²) in [6.45, 7) is 7.43. The second-order valence-corrected chi connectivity index (χ2v) is 2.40. The zero-order valence-electron chi connectivity index (χ0n) is 6.69. The van der Waals surface area contributed by atoms with Gasteiger partial charge in [-0.25, -0.2) is 4.99 Å². The van der Waals surface area contributed by atoms with Gasteiger partial charge in [0, 0.05) is 5.75 Å². The zero-order valence-corrected chi connectivity index (χ0v) is 8.33. The molecular formula is C8H10N2S2. The van der Waals surface area contributed by atoms with Crippen molar-refractivity contribution in [1.29, 1.82) is 5.26 Å². The smallest absolute Gasteiger partial charge is 0.133 e. The second-order valence-electron chi connectivity index (χ2n) is 1.41. The molecule has 64 valence electrons. The molecule has 0 saturated heterocycles. The lowest BCUT2D eigenvalue weighted by molar-refractivity contribution is 1.27. The lowest BCUT2D eigenvalue weighted by Crippen LogP contribution is -1.61. The zero-order chi connectivity index (χ0) is 9.66. The molecule has 0 fully saturated rings. The van der Waals surface area contributed by atoms with E-state index in [0.29, 0.717) is 6.54 Å². The van der Waals surface area contributed by atoms with Crippen LogP contribution in [0.15, 0.2) is 30.3 Å². The van der Waals surface area contributed by atoms with Crippen molar-refractivity contribution < 1.29 is 0 Å². The van der Waals surface area contributed by atoms with Crippen molar-refractivity contribution in [2.45, 2.75) is 0 Å². The molecule has 0 bridgehead atoms. The minimum absolute atomic E-state index is 0.587. The number of hydrogen-bond donors (Lipinski definition) is 0. The molecule has 0 unspecified atom stereocenters. The fraction of sp³-hybridized carbons (Fsp3) is 0.250. The van der Waals surface area contributed by atoms with Gasteiger partial charge in [0.15, 0.2) is 0 Å². The number of thiocyanates is 1. The topological polar surface area (TPSA) is 36.1 Å². The first-order chi connectivity index (χ1) is 5.83. The van der Waals surface area contributed by atoms with E-state index in [4.69, 9.17) is 5.26 Å². The minimum atomic E-state index is 0.587. The molecule has 0 aromatic heterocycles. The van der Waals surface area contributed by atoms with Crippen LogP contribution in [0, 0.1) is 10.7 Å². The van der Waals surface area contributed by atoms with E-state index in [9.17, 15) is 0 Å². The first-order valence-electron chi connectivity index (χ1n) is 3.09. The number of thioether (sulfide) groups is 1.